The van der Waals surface area contributed by atoms with E-state index in [-0.39, 0.29) is 5.78 Å². The van der Waals surface area contributed by atoms with Crippen LogP contribution in [0.3, 0.4) is 0 Å². The van der Waals surface area contributed by atoms with E-state index in [1.807, 2.05) is 13.8 Å². The monoisotopic (exact) mass is 206 g/mol. The topological polar surface area (TPSA) is 17.1 Å². The lowest BCUT2D eigenvalue weighted by Crippen LogP contribution is -2.14. The molecule has 0 heterocycles. The van der Waals surface area contributed by atoms with Crippen molar-refractivity contribution in [2.75, 3.05) is 0 Å². The Morgan fingerprint density at radius 2 is 2.27 bits per heavy atom. The molecule has 1 aliphatic carbocycles. The highest BCUT2D eigenvalue weighted by molar-refractivity contribution is 5.94. The first kappa shape index (κ1) is 12.2. The molecule has 1 rings (SSSR count). The van der Waals surface area contributed by atoms with Crippen LogP contribution in [0.1, 0.15) is 47.0 Å². The molecule has 0 fully saturated rings. The predicted octanol–water partition coefficient (Wildman–Crippen LogP) is 3.90. The molecule has 2 atom stereocenters. The average Bonchev–Trinajstić information content (AvgIpc) is 2.20. The van der Waals surface area contributed by atoms with E-state index in [1.54, 1.807) is 0 Å². The second kappa shape index (κ2) is 5.29. The Labute approximate surface area is 93.3 Å². The fourth-order valence-corrected chi connectivity index (χ4v) is 2.24. The van der Waals surface area contributed by atoms with Crippen LogP contribution in [0.25, 0.3) is 0 Å². The van der Waals surface area contributed by atoms with Crippen LogP contribution in [0.15, 0.2) is 23.3 Å². The van der Waals surface area contributed by atoms with Crippen molar-refractivity contribution in [3.8, 4) is 0 Å². The molecule has 15 heavy (non-hydrogen) atoms. The Kier molecular flexibility index (Phi) is 4.31. The molecule has 0 radical (unpaired) electrons. The maximum absolute atomic E-state index is 11.5. The molecule has 84 valence electrons. The van der Waals surface area contributed by atoms with Gasteiger partial charge in [-0.1, -0.05) is 31.6 Å². The maximum Gasteiger partial charge on any atom is 0.157 e. The van der Waals surface area contributed by atoms with E-state index in [9.17, 15) is 4.79 Å². The Hall–Kier alpha value is -0.850. The first-order valence-corrected chi connectivity index (χ1v) is 5.91. The van der Waals surface area contributed by atoms with Gasteiger partial charge in [-0.15, -0.1) is 0 Å². The van der Waals surface area contributed by atoms with E-state index in [0.717, 1.165) is 12.0 Å². The standard InChI is InChI=1S/C14H22O/c1-5-14(15)12(4)9-13-7-6-10(2)8-11(13)3/h6,9,11,13H,5,7-8H2,1-4H3/b12-9+. The molecule has 0 aliphatic heterocycles. The van der Waals surface area contributed by atoms with Crippen molar-refractivity contribution in [3.63, 3.8) is 0 Å². The van der Waals surface area contributed by atoms with Crippen molar-refractivity contribution < 1.29 is 4.79 Å². The minimum atomic E-state index is 0.286. The van der Waals surface area contributed by atoms with Crippen molar-refractivity contribution >= 4 is 5.78 Å². The van der Waals surface area contributed by atoms with Crippen LogP contribution in [-0.2, 0) is 4.79 Å². The normalized spacial score (nSPS) is 27.5. The number of allylic oxidation sites excluding steroid dienone is 4. The highest BCUT2D eigenvalue weighted by atomic mass is 16.1. The molecule has 0 bridgehead atoms. The summed E-state index contributed by atoms with van der Waals surface area (Å²) in [4.78, 5) is 11.5. The smallest absolute Gasteiger partial charge is 0.157 e. The van der Waals surface area contributed by atoms with Crippen molar-refractivity contribution in [3.05, 3.63) is 23.3 Å². The summed E-state index contributed by atoms with van der Waals surface area (Å²) >= 11 is 0. The van der Waals surface area contributed by atoms with Gasteiger partial charge in [-0.3, -0.25) is 4.79 Å². The first-order chi connectivity index (χ1) is 7.04. The molecule has 2 unspecified atom stereocenters. The van der Waals surface area contributed by atoms with E-state index < -0.39 is 0 Å². The molecule has 0 aromatic rings. The van der Waals surface area contributed by atoms with Crippen molar-refractivity contribution in [1.82, 2.24) is 0 Å². The van der Waals surface area contributed by atoms with Gasteiger partial charge >= 0.3 is 0 Å². The minimum absolute atomic E-state index is 0.286. The van der Waals surface area contributed by atoms with Crippen molar-refractivity contribution in [2.45, 2.75) is 47.0 Å². The second-order valence-corrected chi connectivity index (χ2v) is 4.76. The van der Waals surface area contributed by atoms with E-state index in [0.29, 0.717) is 18.3 Å². The minimum Gasteiger partial charge on any atom is -0.295 e. The van der Waals surface area contributed by atoms with Gasteiger partial charge in [0.1, 0.15) is 0 Å². The van der Waals surface area contributed by atoms with Gasteiger partial charge in [0, 0.05) is 6.42 Å². The van der Waals surface area contributed by atoms with Gasteiger partial charge in [-0.2, -0.15) is 0 Å². The van der Waals surface area contributed by atoms with Crippen molar-refractivity contribution in [1.29, 1.82) is 0 Å². The quantitative estimate of drug-likeness (QED) is 0.505. The van der Waals surface area contributed by atoms with Gasteiger partial charge in [0.2, 0.25) is 0 Å². The van der Waals surface area contributed by atoms with Crippen LogP contribution in [0.4, 0.5) is 0 Å². The summed E-state index contributed by atoms with van der Waals surface area (Å²) in [5.41, 5.74) is 2.44. The summed E-state index contributed by atoms with van der Waals surface area (Å²) in [5, 5.41) is 0. The largest absolute Gasteiger partial charge is 0.295 e. The lowest BCUT2D eigenvalue weighted by atomic mass is 9.80. The number of carbonyl (C=O) groups excluding carboxylic acids is 1. The van der Waals surface area contributed by atoms with Crippen LogP contribution in [0, 0.1) is 11.8 Å². The zero-order valence-electron chi connectivity index (χ0n) is 10.3. The predicted molar refractivity (Wildman–Crippen MR) is 64.7 cm³/mol. The summed E-state index contributed by atoms with van der Waals surface area (Å²) < 4.78 is 0. The van der Waals surface area contributed by atoms with Gasteiger partial charge in [-0.25, -0.2) is 0 Å². The summed E-state index contributed by atoms with van der Waals surface area (Å²) in [7, 11) is 0. The molecule has 0 saturated carbocycles. The van der Waals surface area contributed by atoms with E-state index in [4.69, 9.17) is 0 Å². The van der Waals surface area contributed by atoms with Gasteiger partial charge in [-0.05, 0) is 44.1 Å². The maximum atomic E-state index is 11.5. The number of hydrogen-bond acceptors (Lipinski definition) is 1. The molecule has 1 heteroatoms. The lowest BCUT2D eigenvalue weighted by molar-refractivity contribution is -0.115. The number of ketones is 1. The Balaban J connectivity index is 2.70. The fourth-order valence-electron chi connectivity index (χ4n) is 2.24. The molecule has 0 spiro atoms. The van der Waals surface area contributed by atoms with Crippen LogP contribution < -0.4 is 0 Å². The van der Waals surface area contributed by atoms with Crippen molar-refractivity contribution in [2.24, 2.45) is 11.8 Å². The summed E-state index contributed by atoms with van der Waals surface area (Å²) in [5.74, 6) is 1.52. The molecule has 1 nitrogen and oxygen atoms in total. The molecular formula is C14H22O. The first-order valence-electron chi connectivity index (χ1n) is 5.91. The highest BCUT2D eigenvalue weighted by Crippen LogP contribution is 2.30. The van der Waals surface area contributed by atoms with Crippen LogP contribution in [-0.4, -0.2) is 5.78 Å². The molecule has 0 saturated heterocycles. The third kappa shape index (κ3) is 3.33. The Morgan fingerprint density at radius 1 is 1.60 bits per heavy atom. The number of rotatable bonds is 3. The Morgan fingerprint density at radius 3 is 2.80 bits per heavy atom. The second-order valence-electron chi connectivity index (χ2n) is 4.76. The molecule has 0 N–H and O–H groups in total. The number of carbonyl (C=O) groups is 1. The molecule has 1 aliphatic rings. The third-order valence-electron chi connectivity index (χ3n) is 3.34. The average molecular weight is 206 g/mol. The highest BCUT2D eigenvalue weighted by Gasteiger charge is 2.19. The lowest BCUT2D eigenvalue weighted by Gasteiger charge is -2.25. The van der Waals surface area contributed by atoms with Crippen LogP contribution >= 0.6 is 0 Å². The number of Topliss-reactive ketones (excluding diaryl/α,β-unsaturated/α-hetero) is 1. The van der Waals surface area contributed by atoms with Crippen LogP contribution in [0.2, 0.25) is 0 Å². The zero-order valence-corrected chi connectivity index (χ0v) is 10.3. The van der Waals surface area contributed by atoms with Gasteiger partial charge < -0.3 is 0 Å². The summed E-state index contributed by atoms with van der Waals surface area (Å²) in [6.07, 6.45) is 7.39. The van der Waals surface area contributed by atoms with E-state index in [2.05, 4.69) is 26.0 Å². The van der Waals surface area contributed by atoms with Gasteiger partial charge in [0.25, 0.3) is 0 Å². The zero-order chi connectivity index (χ0) is 11.4. The van der Waals surface area contributed by atoms with E-state index >= 15 is 0 Å². The summed E-state index contributed by atoms with van der Waals surface area (Å²) in [6.45, 7) is 8.35. The Bertz CT molecular complexity index is 296. The SMILES string of the molecule is CCC(=O)/C(C)=C/C1CC=C(C)CC1C. The summed E-state index contributed by atoms with van der Waals surface area (Å²) in [6, 6.07) is 0. The van der Waals surface area contributed by atoms with Crippen LogP contribution in [0.5, 0.6) is 0 Å². The number of hydrogen-bond donors (Lipinski definition) is 0. The molecule has 0 aromatic heterocycles. The molecular weight excluding hydrogens is 184 g/mol. The molecule has 0 amide bonds. The van der Waals surface area contributed by atoms with E-state index in [1.165, 1.54) is 12.0 Å². The fraction of sp³-hybridized carbons (Fsp3) is 0.643. The molecule has 0 aromatic carbocycles. The van der Waals surface area contributed by atoms with Gasteiger partial charge in [0.15, 0.2) is 5.78 Å². The van der Waals surface area contributed by atoms with Gasteiger partial charge in [0.05, 0.1) is 0 Å². The third-order valence-corrected chi connectivity index (χ3v) is 3.34.